The highest BCUT2D eigenvalue weighted by Gasteiger charge is 2.21. The zero-order chi connectivity index (χ0) is 16.4. The molecule has 1 N–H and O–H groups in total. The Morgan fingerprint density at radius 1 is 1.35 bits per heavy atom. The summed E-state index contributed by atoms with van der Waals surface area (Å²) in [5.74, 6) is 0.119. The molecule has 23 heavy (non-hydrogen) atoms. The normalized spacial score (nSPS) is 18.2. The predicted octanol–water partition coefficient (Wildman–Crippen LogP) is 1.98. The van der Waals surface area contributed by atoms with Crippen molar-refractivity contribution in [2.75, 3.05) is 19.6 Å². The van der Waals surface area contributed by atoms with Crippen LogP contribution in [0.2, 0.25) is 0 Å². The fraction of sp³-hybridized carbons (Fsp3) is 0.444. The van der Waals surface area contributed by atoms with E-state index in [2.05, 4.69) is 30.3 Å². The molecule has 5 nitrogen and oxygen atoms in total. The van der Waals surface area contributed by atoms with Crippen LogP contribution >= 0.6 is 0 Å². The number of hydrogen-bond acceptors (Lipinski definition) is 3. The number of nitrogens with zero attached hydrogens (tertiary/aromatic N) is 3. The van der Waals surface area contributed by atoms with E-state index < -0.39 is 0 Å². The van der Waals surface area contributed by atoms with E-state index in [0.717, 1.165) is 42.1 Å². The Bertz CT molecular complexity index is 707. The molecule has 1 fully saturated rings. The van der Waals surface area contributed by atoms with Crippen molar-refractivity contribution in [2.24, 2.45) is 0 Å². The van der Waals surface area contributed by atoms with Gasteiger partial charge in [0, 0.05) is 36.9 Å². The van der Waals surface area contributed by atoms with Crippen molar-refractivity contribution in [3.05, 3.63) is 52.8 Å². The summed E-state index contributed by atoms with van der Waals surface area (Å²) < 4.78 is 1.98. The molecule has 1 aliphatic rings. The average molecular weight is 312 g/mol. The van der Waals surface area contributed by atoms with Crippen LogP contribution < -0.4 is 5.32 Å². The van der Waals surface area contributed by atoms with Gasteiger partial charge in [0.25, 0.3) is 5.91 Å². The molecule has 1 atom stereocenters. The van der Waals surface area contributed by atoms with Crippen LogP contribution in [-0.4, -0.2) is 46.3 Å². The smallest absolute Gasteiger partial charge is 0.253 e. The van der Waals surface area contributed by atoms with Crippen LogP contribution in [0.15, 0.2) is 30.3 Å². The minimum Gasteiger partial charge on any atom is -0.336 e. The van der Waals surface area contributed by atoms with E-state index in [4.69, 9.17) is 0 Å². The van der Waals surface area contributed by atoms with Gasteiger partial charge < -0.3 is 10.2 Å². The number of rotatable bonds is 3. The van der Waals surface area contributed by atoms with Gasteiger partial charge in [0.2, 0.25) is 0 Å². The lowest BCUT2D eigenvalue weighted by atomic mass is 10.1. The number of benzene rings is 1. The highest BCUT2D eigenvalue weighted by molar-refractivity contribution is 5.94. The first kappa shape index (κ1) is 15.7. The van der Waals surface area contributed by atoms with Gasteiger partial charge in [0.1, 0.15) is 0 Å². The van der Waals surface area contributed by atoms with Crippen molar-refractivity contribution in [1.82, 2.24) is 20.0 Å². The molecule has 0 bridgehead atoms. The van der Waals surface area contributed by atoms with E-state index in [1.54, 1.807) is 0 Å². The second-order valence-electron chi connectivity index (χ2n) is 6.39. The lowest BCUT2D eigenvalue weighted by Crippen LogP contribution is -2.51. The van der Waals surface area contributed by atoms with Crippen LogP contribution in [0.4, 0.5) is 0 Å². The predicted molar refractivity (Wildman–Crippen MR) is 90.6 cm³/mol. The van der Waals surface area contributed by atoms with Crippen LogP contribution in [0, 0.1) is 13.8 Å². The van der Waals surface area contributed by atoms with E-state index in [0.29, 0.717) is 12.6 Å². The second kappa shape index (κ2) is 6.54. The third-order valence-electron chi connectivity index (χ3n) is 4.27. The molecule has 0 radical (unpaired) electrons. The molecule has 3 rings (SSSR count). The maximum atomic E-state index is 12.7. The maximum Gasteiger partial charge on any atom is 0.253 e. The van der Waals surface area contributed by atoms with Gasteiger partial charge in [-0.1, -0.05) is 12.1 Å². The fourth-order valence-electron chi connectivity index (χ4n) is 3.11. The van der Waals surface area contributed by atoms with E-state index in [9.17, 15) is 4.79 Å². The molecule has 1 saturated heterocycles. The van der Waals surface area contributed by atoms with E-state index in [-0.39, 0.29) is 5.91 Å². The van der Waals surface area contributed by atoms with Gasteiger partial charge in [0.15, 0.2) is 0 Å². The summed E-state index contributed by atoms with van der Waals surface area (Å²) in [7, 11) is 0. The van der Waals surface area contributed by atoms with E-state index >= 15 is 0 Å². The van der Waals surface area contributed by atoms with Gasteiger partial charge in [0.05, 0.1) is 12.2 Å². The lowest BCUT2D eigenvalue weighted by Gasteiger charge is -2.32. The molecule has 1 amide bonds. The summed E-state index contributed by atoms with van der Waals surface area (Å²) in [5, 5.41) is 7.86. The van der Waals surface area contributed by atoms with Crippen LogP contribution in [0.5, 0.6) is 0 Å². The largest absolute Gasteiger partial charge is 0.336 e. The Morgan fingerprint density at radius 3 is 2.87 bits per heavy atom. The van der Waals surface area contributed by atoms with Gasteiger partial charge in [-0.05, 0) is 44.5 Å². The minimum absolute atomic E-state index is 0.119. The topological polar surface area (TPSA) is 50.2 Å². The van der Waals surface area contributed by atoms with Gasteiger partial charge in [-0.3, -0.25) is 9.48 Å². The lowest BCUT2D eigenvalue weighted by molar-refractivity contribution is 0.0709. The average Bonchev–Trinajstić information content (AvgIpc) is 2.84. The molecule has 0 saturated carbocycles. The van der Waals surface area contributed by atoms with E-state index in [1.165, 1.54) is 0 Å². The maximum absolute atomic E-state index is 12.7. The van der Waals surface area contributed by atoms with Crippen LogP contribution in [0.1, 0.15) is 34.2 Å². The van der Waals surface area contributed by atoms with Crippen molar-refractivity contribution in [2.45, 2.75) is 33.4 Å². The highest BCUT2D eigenvalue weighted by Crippen LogP contribution is 2.13. The molecule has 1 aromatic carbocycles. The zero-order valence-corrected chi connectivity index (χ0v) is 14.0. The second-order valence-corrected chi connectivity index (χ2v) is 6.39. The Labute approximate surface area is 137 Å². The first-order valence-corrected chi connectivity index (χ1v) is 8.15. The number of hydrogen-bond donors (Lipinski definition) is 1. The molecule has 122 valence electrons. The Balaban J connectivity index is 1.76. The quantitative estimate of drug-likeness (QED) is 0.943. The SMILES string of the molecule is Cc1cc(C)n(Cc2cccc(C(=O)N3CCNC(C)C3)c2)n1. The summed E-state index contributed by atoms with van der Waals surface area (Å²) in [6, 6.07) is 10.3. The summed E-state index contributed by atoms with van der Waals surface area (Å²) in [6.07, 6.45) is 0. The Kier molecular flexibility index (Phi) is 4.48. The Hall–Kier alpha value is -2.14. The summed E-state index contributed by atoms with van der Waals surface area (Å²) in [5.41, 5.74) is 4.02. The third-order valence-corrected chi connectivity index (χ3v) is 4.27. The van der Waals surface area contributed by atoms with Gasteiger partial charge >= 0.3 is 0 Å². The molecule has 0 aliphatic carbocycles. The molecule has 2 aromatic rings. The third kappa shape index (κ3) is 3.62. The van der Waals surface area contributed by atoms with Gasteiger partial charge in [-0.2, -0.15) is 5.10 Å². The number of aromatic nitrogens is 2. The number of nitrogens with one attached hydrogen (secondary N) is 1. The number of carbonyl (C=O) groups is 1. The molecule has 1 aliphatic heterocycles. The minimum atomic E-state index is 0.119. The summed E-state index contributed by atoms with van der Waals surface area (Å²) in [6.45, 7) is 9.24. The molecule has 1 aromatic heterocycles. The molecule has 2 heterocycles. The molecular weight excluding hydrogens is 288 g/mol. The van der Waals surface area contributed by atoms with Crippen molar-refractivity contribution in [3.63, 3.8) is 0 Å². The number of carbonyl (C=O) groups excluding carboxylic acids is 1. The van der Waals surface area contributed by atoms with Gasteiger partial charge in [-0.15, -0.1) is 0 Å². The van der Waals surface area contributed by atoms with Crippen LogP contribution in [0.3, 0.4) is 0 Å². The van der Waals surface area contributed by atoms with Crippen molar-refractivity contribution in [1.29, 1.82) is 0 Å². The van der Waals surface area contributed by atoms with E-state index in [1.807, 2.05) is 40.8 Å². The first-order chi connectivity index (χ1) is 11.0. The van der Waals surface area contributed by atoms with Crippen LogP contribution in [0.25, 0.3) is 0 Å². The number of aryl methyl sites for hydroxylation is 2. The molecular formula is C18H24N4O. The monoisotopic (exact) mass is 312 g/mol. The van der Waals surface area contributed by atoms with Crippen molar-refractivity contribution in [3.8, 4) is 0 Å². The highest BCUT2D eigenvalue weighted by atomic mass is 16.2. The summed E-state index contributed by atoms with van der Waals surface area (Å²) in [4.78, 5) is 14.6. The molecule has 0 spiro atoms. The van der Waals surface area contributed by atoms with Crippen LogP contribution in [-0.2, 0) is 6.54 Å². The molecule has 5 heteroatoms. The fourth-order valence-corrected chi connectivity index (χ4v) is 3.11. The van der Waals surface area contributed by atoms with Crippen molar-refractivity contribution < 1.29 is 4.79 Å². The van der Waals surface area contributed by atoms with Gasteiger partial charge in [-0.25, -0.2) is 0 Å². The first-order valence-electron chi connectivity index (χ1n) is 8.15. The number of amides is 1. The summed E-state index contributed by atoms with van der Waals surface area (Å²) >= 11 is 0. The Morgan fingerprint density at radius 2 is 2.17 bits per heavy atom. The standard InChI is InChI=1S/C18H24N4O/c1-13-9-15(3)22(20-13)12-16-5-4-6-17(10-16)18(23)21-8-7-19-14(2)11-21/h4-6,9-10,14,19H,7-8,11-12H2,1-3H3. The van der Waals surface area contributed by atoms with Crippen molar-refractivity contribution >= 4 is 5.91 Å². The molecule has 1 unspecified atom stereocenters. The number of piperazine rings is 1. The zero-order valence-electron chi connectivity index (χ0n) is 14.0.